The van der Waals surface area contributed by atoms with Gasteiger partial charge in [0.25, 0.3) is 0 Å². The van der Waals surface area contributed by atoms with E-state index in [1.165, 1.54) is 31.2 Å². The lowest BCUT2D eigenvalue weighted by molar-refractivity contribution is -0.176. The second kappa shape index (κ2) is 7.35. The number of rotatable bonds is 7. The average molecular weight is 314 g/mol. The molecule has 0 aromatic heterocycles. The summed E-state index contributed by atoms with van der Waals surface area (Å²) in [7, 11) is 0. The van der Waals surface area contributed by atoms with Crippen molar-refractivity contribution in [2.75, 3.05) is 13.2 Å². The van der Waals surface area contributed by atoms with Gasteiger partial charge in [0, 0.05) is 0 Å². The maximum atomic E-state index is 14.7. The van der Waals surface area contributed by atoms with Crippen LogP contribution in [0.1, 0.15) is 26.3 Å². The highest BCUT2D eigenvalue weighted by atomic mass is 19.3. The Labute approximate surface area is 128 Å². The van der Waals surface area contributed by atoms with Gasteiger partial charge in [-0.3, -0.25) is 0 Å². The number of aliphatic hydroxyl groups is 1. The van der Waals surface area contributed by atoms with Crippen LogP contribution >= 0.6 is 0 Å². The number of hydrogen-bond acceptors (Lipinski definition) is 4. The summed E-state index contributed by atoms with van der Waals surface area (Å²) < 4.78 is 38.9. The standard InChI is InChI=1S/C16H20F2O4/c1-4-21-13(11-14(19)22-5-2)16(17,18)15(3,20)12-9-7-6-8-10-12/h6-11,20H,4-5H2,1-3H3/b13-11-. The molecule has 1 N–H and O–H groups in total. The van der Waals surface area contributed by atoms with E-state index in [0.717, 1.165) is 6.92 Å². The molecule has 0 heterocycles. The zero-order valence-electron chi connectivity index (χ0n) is 12.8. The SMILES string of the molecule is CCOC(=O)/C=C(\OCC)C(F)(F)C(C)(O)c1ccccc1. The van der Waals surface area contributed by atoms with Gasteiger partial charge in [0.2, 0.25) is 0 Å². The van der Waals surface area contributed by atoms with Crippen molar-refractivity contribution in [1.82, 2.24) is 0 Å². The van der Waals surface area contributed by atoms with Crippen LogP contribution in [-0.2, 0) is 19.9 Å². The van der Waals surface area contributed by atoms with Crippen molar-refractivity contribution in [3.63, 3.8) is 0 Å². The van der Waals surface area contributed by atoms with Gasteiger partial charge in [-0.15, -0.1) is 0 Å². The fourth-order valence-electron chi connectivity index (χ4n) is 1.85. The number of carbonyl (C=O) groups is 1. The molecule has 1 aromatic rings. The summed E-state index contributed by atoms with van der Waals surface area (Å²) >= 11 is 0. The monoisotopic (exact) mass is 314 g/mol. The Morgan fingerprint density at radius 1 is 1.18 bits per heavy atom. The van der Waals surface area contributed by atoms with Crippen molar-refractivity contribution in [3.8, 4) is 0 Å². The maximum absolute atomic E-state index is 14.7. The third-order valence-electron chi connectivity index (χ3n) is 3.09. The van der Waals surface area contributed by atoms with Crippen LogP contribution in [0.15, 0.2) is 42.2 Å². The average Bonchev–Trinajstić information content (AvgIpc) is 2.47. The molecule has 0 amide bonds. The van der Waals surface area contributed by atoms with Crippen molar-refractivity contribution in [2.24, 2.45) is 0 Å². The molecule has 6 heteroatoms. The van der Waals surface area contributed by atoms with E-state index in [9.17, 15) is 18.7 Å². The molecule has 0 aliphatic heterocycles. The minimum absolute atomic E-state index is 0.00876. The fraction of sp³-hybridized carbons (Fsp3) is 0.438. The molecule has 0 fully saturated rings. The topological polar surface area (TPSA) is 55.8 Å². The van der Waals surface area contributed by atoms with Gasteiger partial charge in [-0.25, -0.2) is 4.79 Å². The molecular formula is C16H20F2O4. The number of ether oxygens (including phenoxy) is 2. The Kier molecular flexibility index (Phi) is 6.05. The van der Waals surface area contributed by atoms with Gasteiger partial charge in [-0.1, -0.05) is 30.3 Å². The predicted molar refractivity (Wildman–Crippen MR) is 77.3 cm³/mol. The number of esters is 1. The minimum Gasteiger partial charge on any atom is -0.491 e. The van der Waals surface area contributed by atoms with E-state index in [1.807, 2.05) is 0 Å². The lowest BCUT2D eigenvalue weighted by Crippen LogP contribution is -2.45. The molecule has 1 atom stereocenters. The molecule has 0 bridgehead atoms. The number of halogens is 2. The summed E-state index contributed by atoms with van der Waals surface area (Å²) in [4.78, 5) is 11.4. The molecule has 0 aliphatic carbocycles. The normalized spacial score (nSPS) is 15.1. The van der Waals surface area contributed by atoms with Crippen molar-refractivity contribution in [3.05, 3.63) is 47.7 Å². The zero-order chi connectivity index (χ0) is 16.8. The maximum Gasteiger partial charge on any atom is 0.336 e. The van der Waals surface area contributed by atoms with Gasteiger partial charge in [0.05, 0.1) is 19.3 Å². The summed E-state index contributed by atoms with van der Waals surface area (Å²) in [5, 5.41) is 10.3. The van der Waals surface area contributed by atoms with Crippen LogP contribution in [-0.4, -0.2) is 30.2 Å². The largest absolute Gasteiger partial charge is 0.491 e. The van der Waals surface area contributed by atoms with Gasteiger partial charge in [-0.2, -0.15) is 8.78 Å². The quantitative estimate of drug-likeness (QED) is 0.477. The molecule has 0 saturated carbocycles. The van der Waals surface area contributed by atoms with Crippen molar-refractivity contribution in [1.29, 1.82) is 0 Å². The van der Waals surface area contributed by atoms with Crippen LogP contribution in [0.4, 0.5) is 8.78 Å². The van der Waals surface area contributed by atoms with E-state index in [1.54, 1.807) is 13.0 Å². The van der Waals surface area contributed by atoms with Gasteiger partial charge in [0.15, 0.2) is 11.4 Å². The fourth-order valence-corrected chi connectivity index (χ4v) is 1.85. The highest BCUT2D eigenvalue weighted by Crippen LogP contribution is 2.42. The van der Waals surface area contributed by atoms with E-state index >= 15 is 0 Å². The number of alkyl halides is 2. The number of hydrogen-bond donors (Lipinski definition) is 1. The molecule has 22 heavy (non-hydrogen) atoms. The van der Waals surface area contributed by atoms with Crippen molar-refractivity contribution < 1.29 is 28.2 Å². The second-order valence-electron chi connectivity index (χ2n) is 4.71. The molecule has 0 saturated heterocycles. The first-order chi connectivity index (χ1) is 10.3. The van der Waals surface area contributed by atoms with Gasteiger partial charge >= 0.3 is 11.9 Å². The van der Waals surface area contributed by atoms with Crippen LogP contribution < -0.4 is 0 Å². The van der Waals surface area contributed by atoms with Gasteiger partial charge < -0.3 is 14.6 Å². The zero-order valence-corrected chi connectivity index (χ0v) is 12.8. The first-order valence-corrected chi connectivity index (χ1v) is 6.94. The van der Waals surface area contributed by atoms with Crippen molar-refractivity contribution >= 4 is 5.97 Å². The predicted octanol–water partition coefficient (Wildman–Crippen LogP) is 3.01. The van der Waals surface area contributed by atoms with Gasteiger partial charge in [0.1, 0.15) is 0 Å². The molecule has 0 spiro atoms. The van der Waals surface area contributed by atoms with Crippen LogP contribution in [0.2, 0.25) is 0 Å². The Morgan fingerprint density at radius 2 is 1.73 bits per heavy atom. The van der Waals surface area contributed by atoms with E-state index in [-0.39, 0.29) is 18.8 Å². The Hall–Kier alpha value is -1.95. The smallest absolute Gasteiger partial charge is 0.336 e. The Bertz CT molecular complexity index is 524. The molecule has 0 radical (unpaired) electrons. The van der Waals surface area contributed by atoms with E-state index in [4.69, 9.17) is 4.74 Å². The summed E-state index contributed by atoms with van der Waals surface area (Å²) in [6, 6.07) is 7.48. The summed E-state index contributed by atoms with van der Waals surface area (Å²) in [5.41, 5.74) is -2.53. The lowest BCUT2D eigenvalue weighted by atomic mass is 9.88. The Morgan fingerprint density at radius 3 is 2.23 bits per heavy atom. The first-order valence-electron chi connectivity index (χ1n) is 6.94. The summed E-state index contributed by atoms with van der Waals surface area (Å²) in [6.07, 6.45) is 0.574. The number of carbonyl (C=O) groups excluding carboxylic acids is 1. The molecular weight excluding hydrogens is 294 g/mol. The van der Waals surface area contributed by atoms with Gasteiger partial charge in [-0.05, 0) is 26.3 Å². The van der Waals surface area contributed by atoms with E-state index < -0.39 is 23.3 Å². The molecule has 1 unspecified atom stereocenters. The van der Waals surface area contributed by atoms with Crippen LogP contribution in [0, 0.1) is 0 Å². The molecule has 1 aromatic carbocycles. The van der Waals surface area contributed by atoms with Crippen molar-refractivity contribution in [2.45, 2.75) is 32.3 Å². The summed E-state index contributed by atoms with van der Waals surface area (Å²) in [6.45, 7) is 4.01. The molecule has 122 valence electrons. The highest BCUT2D eigenvalue weighted by molar-refractivity contribution is 5.82. The highest BCUT2D eigenvalue weighted by Gasteiger charge is 2.54. The second-order valence-corrected chi connectivity index (χ2v) is 4.71. The van der Waals surface area contributed by atoms with E-state index in [2.05, 4.69) is 4.74 Å². The first kappa shape index (κ1) is 18.1. The third-order valence-corrected chi connectivity index (χ3v) is 3.09. The Balaban J connectivity index is 3.23. The third kappa shape index (κ3) is 3.82. The number of benzene rings is 1. The van der Waals surface area contributed by atoms with Crippen LogP contribution in [0.5, 0.6) is 0 Å². The van der Waals surface area contributed by atoms with Crippen LogP contribution in [0.25, 0.3) is 0 Å². The lowest BCUT2D eigenvalue weighted by Gasteiger charge is -2.34. The molecule has 1 rings (SSSR count). The minimum atomic E-state index is -3.81. The van der Waals surface area contributed by atoms with E-state index in [0.29, 0.717) is 6.08 Å². The van der Waals surface area contributed by atoms with Crippen LogP contribution in [0.3, 0.4) is 0 Å². The molecule has 0 aliphatic rings. The molecule has 4 nitrogen and oxygen atoms in total. The summed E-state index contributed by atoms with van der Waals surface area (Å²) in [5.74, 6) is -5.69.